The maximum atomic E-state index is 13.2. The highest BCUT2D eigenvalue weighted by atomic mass is 16.3. The number of hydrogen-bond acceptors (Lipinski definition) is 5. The van der Waals surface area contributed by atoms with Gasteiger partial charge in [0.05, 0.1) is 6.10 Å². The summed E-state index contributed by atoms with van der Waals surface area (Å²) in [5.41, 5.74) is 0.659. The molecule has 0 radical (unpaired) electrons. The summed E-state index contributed by atoms with van der Waals surface area (Å²) < 4.78 is 0. The van der Waals surface area contributed by atoms with Crippen molar-refractivity contribution in [3.8, 4) is 0 Å². The van der Waals surface area contributed by atoms with Gasteiger partial charge in [0.25, 0.3) is 12.4 Å². The van der Waals surface area contributed by atoms with E-state index in [1.165, 1.54) is 0 Å². The SMILES string of the molecule is O=C(C1CCCCN1C(=O)c1ccccc1)N1CCC(N2CC(O)C2)CC1.O=CO. The molecule has 0 saturated carbocycles. The molecule has 2 amide bonds. The summed E-state index contributed by atoms with van der Waals surface area (Å²) in [6.45, 7) is 3.44. The number of carbonyl (C=O) groups excluding carboxylic acids is 2. The van der Waals surface area contributed by atoms with Crippen molar-refractivity contribution in [2.24, 2.45) is 0 Å². The van der Waals surface area contributed by atoms with Gasteiger partial charge in [0.15, 0.2) is 0 Å². The van der Waals surface area contributed by atoms with Crippen molar-refractivity contribution in [1.29, 1.82) is 0 Å². The molecule has 8 heteroatoms. The molecule has 164 valence electrons. The second kappa shape index (κ2) is 10.5. The second-order valence-corrected chi connectivity index (χ2v) is 8.15. The van der Waals surface area contributed by atoms with Gasteiger partial charge in [0.2, 0.25) is 5.91 Å². The second-order valence-electron chi connectivity index (χ2n) is 8.15. The fourth-order valence-electron chi connectivity index (χ4n) is 4.63. The molecule has 2 N–H and O–H groups in total. The Morgan fingerprint density at radius 3 is 2.20 bits per heavy atom. The Bertz CT molecular complexity index is 715. The largest absolute Gasteiger partial charge is 0.483 e. The Labute approximate surface area is 177 Å². The van der Waals surface area contributed by atoms with Crippen molar-refractivity contribution in [3.05, 3.63) is 35.9 Å². The molecule has 3 fully saturated rings. The van der Waals surface area contributed by atoms with Gasteiger partial charge in [-0.2, -0.15) is 0 Å². The number of piperidine rings is 2. The molecule has 0 bridgehead atoms. The number of rotatable bonds is 3. The molecule has 1 unspecified atom stereocenters. The van der Waals surface area contributed by atoms with Crippen LogP contribution in [0, 0.1) is 0 Å². The van der Waals surface area contributed by atoms with Gasteiger partial charge in [-0.15, -0.1) is 0 Å². The zero-order chi connectivity index (χ0) is 21.5. The van der Waals surface area contributed by atoms with Crippen molar-refractivity contribution < 1.29 is 24.6 Å². The van der Waals surface area contributed by atoms with E-state index in [-0.39, 0.29) is 30.4 Å². The van der Waals surface area contributed by atoms with Gasteiger partial charge in [-0.05, 0) is 44.2 Å². The highest BCUT2D eigenvalue weighted by Crippen LogP contribution is 2.25. The molecule has 1 aromatic carbocycles. The summed E-state index contributed by atoms with van der Waals surface area (Å²) in [4.78, 5) is 40.6. The van der Waals surface area contributed by atoms with E-state index in [4.69, 9.17) is 9.90 Å². The quantitative estimate of drug-likeness (QED) is 0.713. The number of β-amino-alcohol motifs (C(OH)–C–C–N with tert-alkyl or cyclic N) is 1. The number of nitrogens with zero attached hydrogens (tertiary/aromatic N) is 3. The predicted octanol–water partition coefficient (Wildman–Crippen LogP) is 1.05. The Kier molecular flexibility index (Phi) is 7.81. The maximum Gasteiger partial charge on any atom is 0.290 e. The van der Waals surface area contributed by atoms with Gasteiger partial charge in [0, 0.05) is 44.3 Å². The molecule has 0 spiro atoms. The Hall–Kier alpha value is -2.45. The summed E-state index contributed by atoms with van der Waals surface area (Å²) in [6.07, 6.45) is 4.45. The summed E-state index contributed by atoms with van der Waals surface area (Å²) >= 11 is 0. The molecule has 3 aliphatic heterocycles. The lowest BCUT2D eigenvalue weighted by Gasteiger charge is -2.46. The molecule has 0 aromatic heterocycles. The standard InChI is InChI=1S/C21H29N3O3.CH2O2/c25-18-14-23(15-18)17-9-12-22(13-10-17)21(27)19-8-4-5-11-24(19)20(26)16-6-2-1-3-7-16;2-1-3/h1-3,6-7,17-19,25H,4-5,8-15H2;1H,(H,2,3). The van der Waals surface area contributed by atoms with Crippen molar-refractivity contribution in [3.63, 3.8) is 0 Å². The first-order valence-electron chi connectivity index (χ1n) is 10.7. The number of aliphatic hydroxyl groups is 1. The maximum absolute atomic E-state index is 13.2. The van der Waals surface area contributed by atoms with Crippen LogP contribution in [0.4, 0.5) is 0 Å². The van der Waals surface area contributed by atoms with E-state index >= 15 is 0 Å². The molecule has 1 aromatic rings. The molecule has 1 atom stereocenters. The number of carboxylic acid groups (broad SMARTS) is 1. The Morgan fingerprint density at radius 1 is 0.967 bits per heavy atom. The number of benzene rings is 1. The van der Waals surface area contributed by atoms with E-state index in [1.807, 2.05) is 35.2 Å². The van der Waals surface area contributed by atoms with Crippen LogP contribution in [0.15, 0.2) is 30.3 Å². The van der Waals surface area contributed by atoms with Gasteiger partial charge in [-0.1, -0.05) is 18.2 Å². The number of likely N-dealkylation sites (tertiary alicyclic amines) is 3. The van der Waals surface area contributed by atoms with Crippen LogP contribution in [0.1, 0.15) is 42.5 Å². The molecular weight excluding hydrogens is 386 g/mol. The highest BCUT2D eigenvalue weighted by molar-refractivity contribution is 5.97. The zero-order valence-electron chi connectivity index (χ0n) is 17.2. The van der Waals surface area contributed by atoms with Crippen LogP contribution < -0.4 is 0 Å². The van der Waals surface area contributed by atoms with Gasteiger partial charge < -0.3 is 20.0 Å². The molecule has 8 nitrogen and oxygen atoms in total. The first-order valence-corrected chi connectivity index (χ1v) is 10.7. The average Bonchev–Trinajstić information content (AvgIpc) is 2.77. The first-order chi connectivity index (χ1) is 14.5. The van der Waals surface area contributed by atoms with Crippen LogP contribution >= 0.6 is 0 Å². The van der Waals surface area contributed by atoms with Crippen molar-refractivity contribution >= 4 is 18.3 Å². The van der Waals surface area contributed by atoms with Crippen molar-refractivity contribution in [1.82, 2.24) is 14.7 Å². The number of carbonyl (C=O) groups is 3. The van der Waals surface area contributed by atoms with Crippen LogP contribution in [-0.4, -0.2) is 94.1 Å². The van der Waals surface area contributed by atoms with E-state index in [0.29, 0.717) is 18.2 Å². The summed E-state index contributed by atoms with van der Waals surface area (Å²) in [6, 6.07) is 9.44. The molecule has 0 aliphatic carbocycles. The highest BCUT2D eigenvalue weighted by Gasteiger charge is 2.38. The van der Waals surface area contributed by atoms with Crippen LogP contribution in [0.25, 0.3) is 0 Å². The van der Waals surface area contributed by atoms with Crippen LogP contribution in [0.2, 0.25) is 0 Å². The van der Waals surface area contributed by atoms with Crippen LogP contribution in [-0.2, 0) is 9.59 Å². The molecule has 30 heavy (non-hydrogen) atoms. The molecule has 3 saturated heterocycles. The van der Waals surface area contributed by atoms with E-state index in [1.54, 1.807) is 4.90 Å². The third kappa shape index (κ3) is 5.17. The normalized spacial score (nSPS) is 23.2. The summed E-state index contributed by atoms with van der Waals surface area (Å²) in [5.74, 6) is 0.0826. The minimum atomic E-state index is -0.325. The molecule has 4 rings (SSSR count). The van der Waals surface area contributed by atoms with Crippen molar-refractivity contribution in [2.45, 2.75) is 50.3 Å². The lowest BCUT2D eigenvalue weighted by Crippen LogP contribution is -2.59. The topological polar surface area (TPSA) is 101 Å². The fourth-order valence-corrected chi connectivity index (χ4v) is 4.63. The smallest absolute Gasteiger partial charge is 0.290 e. The third-order valence-electron chi connectivity index (χ3n) is 6.25. The predicted molar refractivity (Wildman–Crippen MR) is 111 cm³/mol. The lowest BCUT2D eigenvalue weighted by atomic mass is 9.96. The summed E-state index contributed by atoms with van der Waals surface area (Å²) in [5, 5.41) is 16.4. The van der Waals surface area contributed by atoms with Gasteiger partial charge in [-0.3, -0.25) is 19.3 Å². The lowest BCUT2D eigenvalue weighted by molar-refractivity contribution is -0.139. The molecular formula is C22H31N3O5. The zero-order valence-corrected chi connectivity index (χ0v) is 17.2. The van der Waals surface area contributed by atoms with E-state index in [9.17, 15) is 14.7 Å². The number of aliphatic hydroxyl groups excluding tert-OH is 1. The molecule has 3 heterocycles. The van der Waals surface area contributed by atoms with Gasteiger partial charge >= 0.3 is 0 Å². The monoisotopic (exact) mass is 417 g/mol. The van der Waals surface area contributed by atoms with Crippen LogP contribution in [0.3, 0.4) is 0 Å². The minimum absolute atomic E-state index is 0.0295. The van der Waals surface area contributed by atoms with Gasteiger partial charge in [-0.25, -0.2) is 0 Å². The average molecular weight is 418 g/mol. The fraction of sp³-hybridized carbons (Fsp3) is 0.591. The van der Waals surface area contributed by atoms with E-state index in [0.717, 1.165) is 58.3 Å². The van der Waals surface area contributed by atoms with Crippen molar-refractivity contribution in [2.75, 3.05) is 32.7 Å². The van der Waals surface area contributed by atoms with Gasteiger partial charge in [0.1, 0.15) is 6.04 Å². The third-order valence-corrected chi connectivity index (χ3v) is 6.25. The first kappa shape index (κ1) is 22.2. The number of amides is 2. The number of hydrogen-bond donors (Lipinski definition) is 2. The van der Waals surface area contributed by atoms with Crippen LogP contribution in [0.5, 0.6) is 0 Å². The molecule has 3 aliphatic rings. The van der Waals surface area contributed by atoms with E-state index < -0.39 is 0 Å². The summed E-state index contributed by atoms with van der Waals surface area (Å²) in [7, 11) is 0. The minimum Gasteiger partial charge on any atom is -0.483 e. The van der Waals surface area contributed by atoms with E-state index in [2.05, 4.69) is 4.90 Å². The Morgan fingerprint density at radius 2 is 1.60 bits per heavy atom. The Balaban J connectivity index is 0.000000806.